The van der Waals surface area contributed by atoms with Crippen LogP contribution in [0, 0.1) is 11.7 Å². The fourth-order valence-electron chi connectivity index (χ4n) is 6.40. The molecule has 3 fully saturated rings. The molecule has 3 aliphatic heterocycles. The van der Waals surface area contributed by atoms with E-state index in [1.807, 2.05) is 15.2 Å². The molecule has 222 valence electrons. The van der Waals surface area contributed by atoms with E-state index in [0.29, 0.717) is 74.1 Å². The number of esters is 1. The third kappa shape index (κ3) is 5.36. The Labute approximate surface area is 250 Å². The Balaban J connectivity index is 1.26. The van der Waals surface area contributed by atoms with Crippen molar-refractivity contribution >= 4 is 46.7 Å². The average molecular weight is 617 g/mol. The molecule has 0 bridgehead atoms. The fraction of sp³-hybridized carbons (Fsp3) is 0.464. The first-order chi connectivity index (χ1) is 20.2. The van der Waals surface area contributed by atoms with Crippen LogP contribution < -0.4 is 5.32 Å². The number of halogens is 2. The molecule has 2 aromatic rings. The number of hydrogen-bond donors (Lipinski definition) is 2. The van der Waals surface area contributed by atoms with Crippen molar-refractivity contribution in [2.24, 2.45) is 10.9 Å². The Hall–Kier alpha value is -3.55. The molecule has 1 aromatic carbocycles. The first-order valence-electron chi connectivity index (χ1n) is 13.8. The van der Waals surface area contributed by atoms with Gasteiger partial charge < -0.3 is 25.0 Å². The van der Waals surface area contributed by atoms with Gasteiger partial charge in [0, 0.05) is 66.6 Å². The number of nitrogens with one attached hydrogen (secondary N) is 1. The van der Waals surface area contributed by atoms with Gasteiger partial charge >= 0.3 is 18.0 Å². The summed E-state index contributed by atoms with van der Waals surface area (Å²) in [6.45, 7) is 2.53. The highest BCUT2D eigenvalue weighted by molar-refractivity contribution is 7.11. The number of amidine groups is 1. The second-order valence-electron chi connectivity index (χ2n) is 10.9. The number of piperazine rings is 1. The normalized spacial score (nSPS) is 26.3. The number of aromatic nitrogens is 1. The van der Waals surface area contributed by atoms with E-state index in [1.165, 1.54) is 36.6 Å². The summed E-state index contributed by atoms with van der Waals surface area (Å²) in [4.78, 5) is 53.0. The van der Waals surface area contributed by atoms with Gasteiger partial charge in [-0.1, -0.05) is 17.7 Å². The molecule has 0 unspecified atom stereocenters. The highest BCUT2D eigenvalue weighted by Gasteiger charge is 2.46. The maximum Gasteiger partial charge on any atom is 0.338 e. The molecule has 1 aliphatic carbocycles. The van der Waals surface area contributed by atoms with Crippen LogP contribution in [0.5, 0.6) is 0 Å². The van der Waals surface area contributed by atoms with Crippen molar-refractivity contribution in [3.05, 3.63) is 62.5 Å². The van der Waals surface area contributed by atoms with Crippen LogP contribution in [0.25, 0.3) is 0 Å². The minimum Gasteiger partial charge on any atom is -0.481 e. The minimum absolute atomic E-state index is 0.0369. The van der Waals surface area contributed by atoms with Gasteiger partial charge in [-0.3, -0.25) is 14.7 Å². The summed E-state index contributed by atoms with van der Waals surface area (Å²) in [5.41, 5.74) is 1.30. The summed E-state index contributed by atoms with van der Waals surface area (Å²) in [7, 11) is 1.30. The minimum atomic E-state index is -0.852. The lowest BCUT2D eigenvalue weighted by Gasteiger charge is -2.38. The van der Waals surface area contributed by atoms with Gasteiger partial charge in [0.05, 0.1) is 24.6 Å². The lowest BCUT2D eigenvalue weighted by molar-refractivity contribution is -0.141. The highest BCUT2D eigenvalue weighted by Crippen LogP contribution is 2.38. The number of carbonyl (C=O) groups excluding carboxylic acids is 2. The van der Waals surface area contributed by atoms with Crippen LogP contribution in [0.1, 0.15) is 35.9 Å². The second kappa shape index (κ2) is 11.6. The number of ether oxygens (including phenoxy) is 1. The van der Waals surface area contributed by atoms with Crippen LogP contribution in [0.15, 0.2) is 46.0 Å². The number of carboxylic acids is 1. The Bertz CT molecular complexity index is 1470. The summed E-state index contributed by atoms with van der Waals surface area (Å²) in [5.74, 6) is -1.83. The molecule has 14 heteroatoms. The Kier molecular flexibility index (Phi) is 7.90. The second-order valence-corrected chi connectivity index (χ2v) is 12.2. The molecule has 0 spiro atoms. The monoisotopic (exact) mass is 616 g/mol. The molecular formula is C28H30ClFN6O5S. The van der Waals surface area contributed by atoms with Crippen molar-refractivity contribution in [1.29, 1.82) is 0 Å². The lowest BCUT2D eigenvalue weighted by atomic mass is 9.95. The van der Waals surface area contributed by atoms with E-state index in [4.69, 9.17) is 21.3 Å². The number of thiazole rings is 1. The van der Waals surface area contributed by atoms with Crippen LogP contribution >= 0.6 is 22.9 Å². The Morgan fingerprint density at radius 1 is 1.21 bits per heavy atom. The van der Waals surface area contributed by atoms with Gasteiger partial charge in [-0.05, 0) is 31.4 Å². The number of rotatable bonds is 7. The van der Waals surface area contributed by atoms with Gasteiger partial charge in [-0.25, -0.2) is 19.0 Å². The van der Waals surface area contributed by atoms with Crippen molar-refractivity contribution < 1.29 is 28.6 Å². The molecule has 1 aromatic heterocycles. The average Bonchev–Trinajstić information content (AvgIpc) is 3.73. The molecule has 4 heterocycles. The van der Waals surface area contributed by atoms with Crippen molar-refractivity contribution in [2.75, 3.05) is 39.8 Å². The highest BCUT2D eigenvalue weighted by atomic mass is 35.5. The van der Waals surface area contributed by atoms with Crippen molar-refractivity contribution in [3.63, 3.8) is 0 Å². The molecular weight excluding hydrogens is 587 g/mol. The van der Waals surface area contributed by atoms with Crippen LogP contribution in [-0.4, -0.2) is 101 Å². The predicted molar refractivity (Wildman–Crippen MR) is 153 cm³/mol. The number of aliphatic carboxylic acids is 1. The first kappa shape index (κ1) is 28.6. The Morgan fingerprint density at radius 3 is 2.74 bits per heavy atom. The molecule has 11 nitrogen and oxygen atoms in total. The number of nitrogens with zero attached hydrogens (tertiary/aromatic N) is 5. The van der Waals surface area contributed by atoms with E-state index in [0.717, 1.165) is 0 Å². The zero-order valence-electron chi connectivity index (χ0n) is 22.8. The van der Waals surface area contributed by atoms with E-state index in [1.54, 1.807) is 6.20 Å². The number of benzene rings is 1. The smallest absolute Gasteiger partial charge is 0.338 e. The lowest BCUT2D eigenvalue weighted by Crippen LogP contribution is -2.53. The van der Waals surface area contributed by atoms with Gasteiger partial charge in [-0.2, -0.15) is 0 Å². The van der Waals surface area contributed by atoms with Crippen LogP contribution in [0.2, 0.25) is 5.02 Å². The Morgan fingerprint density at radius 2 is 2.05 bits per heavy atom. The van der Waals surface area contributed by atoms with E-state index < -0.39 is 29.7 Å². The SMILES string of the molecule is COC(=O)C1=C(CN2CCN3C(=O)N([C@@H]4CC[C@H](C(=O)O)C4)C[C@@H]3C2)NC(c2nccs2)=N[C@H]1c1ccc(F)cc1Cl. The van der Waals surface area contributed by atoms with Crippen molar-refractivity contribution in [1.82, 2.24) is 25.0 Å². The summed E-state index contributed by atoms with van der Waals surface area (Å²) in [6.07, 6.45) is 3.42. The number of methoxy groups -OCH3 is 1. The summed E-state index contributed by atoms with van der Waals surface area (Å²) in [6, 6.07) is 2.98. The van der Waals surface area contributed by atoms with E-state index in [-0.39, 0.29) is 28.7 Å². The van der Waals surface area contributed by atoms with Crippen LogP contribution in [0.3, 0.4) is 0 Å². The molecule has 6 rings (SSSR count). The molecule has 2 amide bonds. The number of fused-ring (bicyclic) bond motifs is 1. The molecule has 4 atom stereocenters. The number of carbonyl (C=O) groups is 3. The van der Waals surface area contributed by atoms with Gasteiger partial charge in [0.1, 0.15) is 11.9 Å². The molecule has 2 N–H and O–H groups in total. The van der Waals surface area contributed by atoms with Crippen LogP contribution in [0.4, 0.5) is 9.18 Å². The molecule has 4 aliphatic rings. The molecule has 0 radical (unpaired) electrons. The summed E-state index contributed by atoms with van der Waals surface area (Å²) < 4.78 is 19.1. The number of urea groups is 1. The third-order valence-corrected chi connectivity index (χ3v) is 9.57. The fourth-order valence-corrected chi connectivity index (χ4v) is 7.26. The standard InChI is InChI=1S/C28H30ClFN6O5S/c1-41-27(39)22-21(32-24(25-31-6-9-42-25)33-23(22)19-5-3-16(30)11-20(19)29)14-34-7-8-35-18(12-34)13-36(28(35)40)17-4-2-15(10-17)26(37)38/h3,5-6,9,11,15,17-18,23H,2,4,7-8,10,12-14H2,1H3,(H,32,33)(H,37,38)/t15-,17+,18-,23-/m0/s1. The molecule has 2 saturated heterocycles. The maximum atomic E-state index is 13.9. The van der Waals surface area contributed by atoms with E-state index >= 15 is 0 Å². The predicted octanol–water partition coefficient (Wildman–Crippen LogP) is 3.13. The van der Waals surface area contributed by atoms with E-state index in [9.17, 15) is 23.9 Å². The van der Waals surface area contributed by atoms with Crippen molar-refractivity contribution in [3.8, 4) is 0 Å². The van der Waals surface area contributed by atoms with Crippen LogP contribution in [-0.2, 0) is 14.3 Å². The summed E-state index contributed by atoms with van der Waals surface area (Å²) >= 11 is 7.84. The van der Waals surface area contributed by atoms with Crippen molar-refractivity contribution in [2.45, 2.75) is 37.4 Å². The van der Waals surface area contributed by atoms with Gasteiger partial charge in [0.15, 0.2) is 10.8 Å². The number of hydrogen-bond acceptors (Lipinski definition) is 9. The number of amides is 2. The quantitative estimate of drug-likeness (QED) is 0.454. The zero-order chi connectivity index (χ0) is 29.5. The van der Waals surface area contributed by atoms with Gasteiger partial charge in [0.25, 0.3) is 0 Å². The molecule has 1 saturated carbocycles. The first-order valence-corrected chi connectivity index (χ1v) is 15.0. The number of aliphatic imine (C=N–C) groups is 1. The summed E-state index contributed by atoms with van der Waals surface area (Å²) in [5, 5.41) is 15.3. The zero-order valence-corrected chi connectivity index (χ0v) is 24.4. The third-order valence-electron chi connectivity index (χ3n) is 8.47. The maximum absolute atomic E-state index is 13.9. The van der Waals surface area contributed by atoms with Gasteiger partial charge in [0.2, 0.25) is 0 Å². The van der Waals surface area contributed by atoms with E-state index in [2.05, 4.69) is 15.2 Å². The molecule has 42 heavy (non-hydrogen) atoms. The number of carboxylic acid groups (broad SMARTS) is 1. The van der Waals surface area contributed by atoms with Gasteiger partial charge in [-0.15, -0.1) is 11.3 Å². The topological polar surface area (TPSA) is 128 Å². The largest absolute Gasteiger partial charge is 0.481 e.